The summed E-state index contributed by atoms with van der Waals surface area (Å²) in [5.74, 6) is -1.08. The highest BCUT2D eigenvalue weighted by Gasteiger charge is 2.15. The number of nitrogens with two attached hydrogens (primary N) is 1. The zero-order valence-electron chi connectivity index (χ0n) is 9.51. The van der Waals surface area contributed by atoms with E-state index < -0.39 is 16.0 Å². The minimum absolute atomic E-state index is 0.0101. The van der Waals surface area contributed by atoms with E-state index >= 15 is 0 Å². The third kappa shape index (κ3) is 3.54. The number of benzene rings is 1. The summed E-state index contributed by atoms with van der Waals surface area (Å²) in [4.78, 5) is 10.8. The van der Waals surface area contributed by atoms with Gasteiger partial charge < -0.3 is 5.11 Å². The van der Waals surface area contributed by atoms with Crippen LogP contribution in [0.15, 0.2) is 23.1 Å². The Balaban J connectivity index is 3.26. The Morgan fingerprint density at radius 1 is 1.41 bits per heavy atom. The smallest absolute Gasteiger partial charge is 0.335 e. The number of unbranched alkanes of at least 4 members (excludes halogenated alkanes) is 1. The summed E-state index contributed by atoms with van der Waals surface area (Å²) in [6.45, 7) is 1.97. The monoisotopic (exact) mass is 257 g/mol. The Labute approximate surface area is 100 Å². The number of carboxylic acid groups (broad SMARTS) is 1. The molecular formula is C11H15NO4S. The molecule has 0 aliphatic heterocycles. The molecule has 1 aromatic rings. The van der Waals surface area contributed by atoms with Gasteiger partial charge in [0.2, 0.25) is 10.0 Å². The molecule has 0 saturated carbocycles. The van der Waals surface area contributed by atoms with Gasteiger partial charge in [0, 0.05) is 0 Å². The molecule has 0 radical (unpaired) electrons. The minimum Gasteiger partial charge on any atom is -0.478 e. The minimum atomic E-state index is -3.80. The van der Waals surface area contributed by atoms with Crippen LogP contribution in [0.25, 0.3) is 0 Å². The Kier molecular flexibility index (Phi) is 4.25. The van der Waals surface area contributed by atoms with E-state index in [2.05, 4.69) is 0 Å². The lowest BCUT2D eigenvalue weighted by molar-refractivity contribution is 0.0696. The fraction of sp³-hybridized carbons (Fsp3) is 0.364. The van der Waals surface area contributed by atoms with Crippen LogP contribution in [0.2, 0.25) is 0 Å². The van der Waals surface area contributed by atoms with Crippen molar-refractivity contribution in [2.45, 2.75) is 31.1 Å². The quantitative estimate of drug-likeness (QED) is 0.832. The van der Waals surface area contributed by atoms with Crippen molar-refractivity contribution in [3.8, 4) is 0 Å². The molecule has 0 atom stereocenters. The van der Waals surface area contributed by atoms with E-state index in [1.165, 1.54) is 18.2 Å². The SMILES string of the molecule is CCCCc1cc(C(=O)O)ccc1S(N)(=O)=O. The highest BCUT2D eigenvalue weighted by molar-refractivity contribution is 7.89. The summed E-state index contributed by atoms with van der Waals surface area (Å²) in [6, 6.07) is 3.87. The number of aromatic carboxylic acids is 1. The second-order valence-corrected chi connectivity index (χ2v) is 5.31. The highest BCUT2D eigenvalue weighted by atomic mass is 32.2. The van der Waals surface area contributed by atoms with Gasteiger partial charge in [-0.25, -0.2) is 18.4 Å². The van der Waals surface area contributed by atoms with Crippen molar-refractivity contribution >= 4 is 16.0 Å². The first-order chi connectivity index (χ1) is 7.86. The average molecular weight is 257 g/mol. The number of carbonyl (C=O) groups is 1. The van der Waals surface area contributed by atoms with Crippen molar-refractivity contribution in [3.63, 3.8) is 0 Å². The predicted molar refractivity (Wildman–Crippen MR) is 63.4 cm³/mol. The van der Waals surface area contributed by atoms with E-state index in [1.807, 2.05) is 6.92 Å². The lowest BCUT2D eigenvalue weighted by atomic mass is 10.1. The maximum absolute atomic E-state index is 11.3. The van der Waals surface area contributed by atoms with Gasteiger partial charge in [-0.2, -0.15) is 0 Å². The van der Waals surface area contributed by atoms with Crippen LogP contribution in [0.4, 0.5) is 0 Å². The molecule has 0 aliphatic rings. The molecule has 94 valence electrons. The Morgan fingerprint density at radius 3 is 2.53 bits per heavy atom. The van der Waals surface area contributed by atoms with Crippen LogP contribution < -0.4 is 5.14 Å². The lowest BCUT2D eigenvalue weighted by Crippen LogP contribution is -2.15. The molecule has 0 saturated heterocycles. The summed E-state index contributed by atoms with van der Waals surface area (Å²) in [5.41, 5.74) is 0.540. The van der Waals surface area contributed by atoms with Crippen LogP contribution in [0, 0.1) is 0 Å². The molecule has 17 heavy (non-hydrogen) atoms. The largest absolute Gasteiger partial charge is 0.478 e. The molecule has 3 N–H and O–H groups in total. The second-order valence-electron chi connectivity index (χ2n) is 3.78. The third-order valence-electron chi connectivity index (χ3n) is 2.41. The first-order valence-electron chi connectivity index (χ1n) is 5.25. The molecule has 0 aromatic heterocycles. The maximum Gasteiger partial charge on any atom is 0.335 e. The first-order valence-corrected chi connectivity index (χ1v) is 6.80. The molecule has 1 rings (SSSR count). The zero-order valence-corrected chi connectivity index (χ0v) is 10.3. The van der Waals surface area contributed by atoms with E-state index in [0.29, 0.717) is 12.0 Å². The van der Waals surface area contributed by atoms with Gasteiger partial charge in [0.1, 0.15) is 0 Å². The van der Waals surface area contributed by atoms with Crippen molar-refractivity contribution in [3.05, 3.63) is 29.3 Å². The Bertz CT molecular complexity index is 522. The van der Waals surface area contributed by atoms with Crippen LogP contribution in [0.3, 0.4) is 0 Å². The van der Waals surface area contributed by atoms with Gasteiger partial charge in [-0.05, 0) is 36.6 Å². The normalized spacial score (nSPS) is 11.4. The molecular weight excluding hydrogens is 242 g/mol. The number of hydrogen-bond donors (Lipinski definition) is 2. The molecule has 5 nitrogen and oxygen atoms in total. The molecule has 6 heteroatoms. The van der Waals surface area contributed by atoms with Crippen molar-refractivity contribution in [1.29, 1.82) is 0 Å². The average Bonchev–Trinajstić information content (AvgIpc) is 2.24. The molecule has 0 heterocycles. The maximum atomic E-state index is 11.3. The van der Waals surface area contributed by atoms with Crippen molar-refractivity contribution in [2.75, 3.05) is 0 Å². The lowest BCUT2D eigenvalue weighted by Gasteiger charge is -2.08. The number of rotatable bonds is 5. The van der Waals surface area contributed by atoms with Gasteiger partial charge >= 0.3 is 5.97 Å². The first kappa shape index (κ1) is 13.7. The van der Waals surface area contributed by atoms with Gasteiger partial charge in [-0.1, -0.05) is 13.3 Å². The van der Waals surface area contributed by atoms with Crippen LogP contribution >= 0.6 is 0 Å². The van der Waals surface area contributed by atoms with Crippen molar-refractivity contribution in [2.24, 2.45) is 5.14 Å². The molecule has 0 unspecified atom stereocenters. The van der Waals surface area contributed by atoms with Gasteiger partial charge in [0.05, 0.1) is 10.5 Å². The van der Waals surface area contributed by atoms with E-state index in [0.717, 1.165) is 12.8 Å². The Hall–Kier alpha value is -1.40. The summed E-state index contributed by atoms with van der Waals surface area (Å²) >= 11 is 0. The van der Waals surface area contributed by atoms with Crippen molar-refractivity contribution < 1.29 is 18.3 Å². The third-order valence-corrected chi connectivity index (χ3v) is 3.42. The number of hydrogen-bond acceptors (Lipinski definition) is 3. The van der Waals surface area contributed by atoms with Crippen molar-refractivity contribution in [1.82, 2.24) is 0 Å². The summed E-state index contributed by atoms with van der Waals surface area (Å²) < 4.78 is 22.7. The summed E-state index contributed by atoms with van der Waals surface area (Å²) in [6.07, 6.45) is 2.18. The molecule has 0 fully saturated rings. The summed E-state index contributed by atoms with van der Waals surface area (Å²) in [7, 11) is -3.80. The fourth-order valence-corrected chi connectivity index (χ4v) is 2.34. The summed E-state index contributed by atoms with van der Waals surface area (Å²) in [5, 5.41) is 13.9. The van der Waals surface area contributed by atoms with E-state index in [4.69, 9.17) is 10.2 Å². The van der Waals surface area contributed by atoms with Gasteiger partial charge in [-0.3, -0.25) is 0 Å². The number of carboxylic acids is 1. The van der Waals surface area contributed by atoms with Gasteiger partial charge in [-0.15, -0.1) is 0 Å². The molecule has 0 aliphatic carbocycles. The predicted octanol–water partition coefficient (Wildman–Crippen LogP) is 1.37. The van der Waals surface area contributed by atoms with Crippen LogP contribution in [0.5, 0.6) is 0 Å². The topological polar surface area (TPSA) is 97.5 Å². The van der Waals surface area contributed by atoms with Gasteiger partial charge in [0.15, 0.2) is 0 Å². The zero-order chi connectivity index (χ0) is 13.1. The van der Waals surface area contributed by atoms with E-state index in [-0.39, 0.29) is 10.5 Å². The molecule has 0 spiro atoms. The van der Waals surface area contributed by atoms with Crippen LogP contribution in [0.1, 0.15) is 35.7 Å². The Morgan fingerprint density at radius 2 is 2.06 bits per heavy atom. The van der Waals surface area contributed by atoms with Gasteiger partial charge in [0.25, 0.3) is 0 Å². The molecule has 1 aromatic carbocycles. The van der Waals surface area contributed by atoms with Crippen LogP contribution in [-0.2, 0) is 16.4 Å². The van der Waals surface area contributed by atoms with E-state index in [9.17, 15) is 13.2 Å². The fourth-order valence-electron chi connectivity index (χ4n) is 1.55. The number of primary sulfonamides is 1. The number of aryl methyl sites for hydroxylation is 1. The number of sulfonamides is 1. The van der Waals surface area contributed by atoms with E-state index in [1.54, 1.807) is 0 Å². The second kappa shape index (κ2) is 5.29. The van der Waals surface area contributed by atoms with Crippen LogP contribution in [-0.4, -0.2) is 19.5 Å². The standard InChI is InChI=1S/C11H15NO4S/c1-2-3-4-8-7-9(11(13)14)5-6-10(8)17(12,15)16/h5-7H,2-4H2,1H3,(H,13,14)(H2,12,15,16). The highest BCUT2D eigenvalue weighted by Crippen LogP contribution is 2.18. The molecule has 0 bridgehead atoms. The molecule has 0 amide bonds.